The molecule has 24 heavy (non-hydrogen) atoms. The molecule has 2 amide bonds. The number of amides is 2. The van der Waals surface area contributed by atoms with Crippen molar-refractivity contribution in [1.29, 1.82) is 0 Å². The molecule has 2 aromatic carbocycles. The average Bonchev–Trinajstić information content (AvgIpc) is 2.56. The van der Waals surface area contributed by atoms with Crippen molar-refractivity contribution < 1.29 is 9.59 Å². The van der Waals surface area contributed by atoms with Crippen LogP contribution in [-0.4, -0.2) is 43.9 Å². The molecule has 0 heterocycles. The van der Waals surface area contributed by atoms with Crippen molar-refractivity contribution in [2.75, 3.05) is 32.5 Å². The lowest BCUT2D eigenvalue weighted by Gasteiger charge is -2.10. The highest BCUT2D eigenvalue weighted by molar-refractivity contribution is 6.30. The summed E-state index contributed by atoms with van der Waals surface area (Å²) in [5.74, 6) is -0.390. The third kappa shape index (κ3) is 5.37. The van der Waals surface area contributed by atoms with E-state index in [1.165, 1.54) is 0 Å². The number of carbonyl (C=O) groups is 2. The van der Waals surface area contributed by atoms with E-state index in [2.05, 4.69) is 10.6 Å². The highest BCUT2D eigenvalue weighted by Crippen LogP contribution is 2.14. The van der Waals surface area contributed by atoms with E-state index >= 15 is 0 Å². The number of nitrogens with zero attached hydrogens (tertiary/aromatic N) is 1. The quantitative estimate of drug-likeness (QED) is 0.846. The van der Waals surface area contributed by atoms with E-state index in [-0.39, 0.29) is 11.8 Å². The van der Waals surface area contributed by atoms with Crippen molar-refractivity contribution >= 4 is 29.1 Å². The molecular weight excluding hydrogens is 326 g/mol. The van der Waals surface area contributed by atoms with E-state index in [0.29, 0.717) is 28.4 Å². The van der Waals surface area contributed by atoms with Crippen LogP contribution in [0.2, 0.25) is 5.02 Å². The molecule has 0 unspecified atom stereocenters. The minimum absolute atomic E-state index is 0.151. The number of hydrogen-bond acceptors (Lipinski definition) is 3. The molecule has 2 rings (SSSR count). The van der Waals surface area contributed by atoms with Crippen molar-refractivity contribution in [3.63, 3.8) is 0 Å². The molecule has 0 fully saturated rings. The van der Waals surface area contributed by atoms with E-state index in [1.54, 1.807) is 48.5 Å². The van der Waals surface area contributed by atoms with Gasteiger partial charge in [0.05, 0.1) is 0 Å². The molecule has 0 aliphatic rings. The molecule has 0 bridgehead atoms. The van der Waals surface area contributed by atoms with Crippen LogP contribution in [0, 0.1) is 0 Å². The lowest BCUT2D eigenvalue weighted by Crippen LogP contribution is -2.31. The van der Waals surface area contributed by atoms with E-state index in [9.17, 15) is 9.59 Å². The SMILES string of the molecule is CN(C)CCNC(=O)c1ccc(C(=O)Nc2ccc(Cl)cc2)cc1. The van der Waals surface area contributed by atoms with Crippen molar-refractivity contribution in [3.05, 3.63) is 64.7 Å². The standard InChI is InChI=1S/C18H20ClN3O2/c1-22(2)12-11-20-17(23)13-3-5-14(6-4-13)18(24)21-16-9-7-15(19)8-10-16/h3-10H,11-12H2,1-2H3,(H,20,23)(H,21,24). The largest absolute Gasteiger partial charge is 0.351 e. The summed E-state index contributed by atoms with van der Waals surface area (Å²) in [5, 5.41) is 6.22. The average molecular weight is 346 g/mol. The zero-order chi connectivity index (χ0) is 17.5. The first-order chi connectivity index (χ1) is 11.5. The van der Waals surface area contributed by atoms with Gasteiger partial charge in [-0.1, -0.05) is 11.6 Å². The molecule has 5 nitrogen and oxygen atoms in total. The van der Waals surface area contributed by atoms with Crippen LogP contribution in [0.5, 0.6) is 0 Å². The molecular formula is C18H20ClN3O2. The van der Waals surface area contributed by atoms with Gasteiger partial charge in [0, 0.05) is 34.9 Å². The summed E-state index contributed by atoms with van der Waals surface area (Å²) in [4.78, 5) is 26.2. The second-order valence-corrected chi connectivity index (χ2v) is 6.03. The number of halogens is 1. The minimum atomic E-state index is -0.239. The number of carbonyl (C=O) groups excluding carboxylic acids is 2. The smallest absolute Gasteiger partial charge is 0.255 e. The summed E-state index contributed by atoms with van der Waals surface area (Å²) in [6.45, 7) is 1.35. The third-order valence-electron chi connectivity index (χ3n) is 3.36. The Kier molecular flexibility index (Phi) is 6.35. The van der Waals surface area contributed by atoms with Crippen LogP contribution in [0.25, 0.3) is 0 Å². The van der Waals surface area contributed by atoms with Gasteiger partial charge in [-0.2, -0.15) is 0 Å². The summed E-state index contributed by atoms with van der Waals surface area (Å²) < 4.78 is 0. The fourth-order valence-electron chi connectivity index (χ4n) is 2.00. The van der Waals surface area contributed by atoms with Crippen molar-refractivity contribution in [2.24, 2.45) is 0 Å². The van der Waals surface area contributed by atoms with Crippen LogP contribution >= 0.6 is 11.6 Å². The molecule has 0 saturated heterocycles. The Bertz CT molecular complexity index is 697. The molecule has 0 atom stereocenters. The molecule has 0 aromatic heterocycles. The number of anilines is 1. The number of likely N-dealkylation sites (N-methyl/N-ethyl adjacent to an activating group) is 1. The zero-order valence-corrected chi connectivity index (χ0v) is 14.4. The summed E-state index contributed by atoms with van der Waals surface area (Å²) >= 11 is 5.81. The van der Waals surface area contributed by atoms with Gasteiger partial charge in [-0.15, -0.1) is 0 Å². The molecule has 0 spiro atoms. The third-order valence-corrected chi connectivity index (χ3v) is 3.61. The maximum Gasteiger partial charge on any atom is 0.255 e. The normalized spacial score (nSPS) is 10.5. The topological polar surface area (TPSA) is 61.4 Å². The first kappa shape index (κ1) is 18.0. The Morgan fingerprint density at radius 3 is 2.00 bits per heavy atom. The summed E-state index contributed by atoms with van der Waals surface area (Å²) in [6, 6.07) is 13.4. The summed E-state index contributed by atoms with van der Waals surface area (Å²) in [6.07, 6.45) is 0. The Morgan fingerprint density at radius 2 is 1.46 bits per heavy atom. The fourth-order valence-corrected chi connectivity index (χ4v) is 2.13. The molecule has 126 valence electrons. The van der Waals surface area contributed by atoms with E-state index in [0.717, 1.165) is 6.54 Å². The lowest BCUT2D eigenvalue weighted by atomic mass is 10.1. The van der Waals surface area contributed by atoms with E-state index in [4.69, 9.17) is 11.6 Å². The van der Waals surface area contributed by atoms with E-state index in [1.807, 2.05) is 19.0 Å². The number of benzene rings is 2. The van der Waals surface area contributed by atoms with Gasteiger partial charge in [0.15, 0.2) is 0 Å². The van der Waals surface area contributed by atoms with Crippen molar-refractivity contribution in [1.82, 2.24) is 10.2 Å². The molecule has 0 saturated carbocycles. The minimum Gasteiger partial charge on any atom is -0.351 e. The van der Waals surface area contributed by atoms with Crippen LogP contribution in [0.3, 0.4) is 0 Å². The lowest BCUT2D eigenvalue weighted by molar-refractivity contribution is 0.0949. The van der Waals surface area contributed by atoms with Crippen LogP contribution in [0.15, 0.2) is 48.5 Å². The number of rotatable bonds is 6. The highest BCUT2D eigenvalue weighted by atomic mass is 35.5. The second-order valence-electron chi connectivity index (χ2n) is 5.60. The Labute approximate surface area is 146 Å². The Morgan fingerprint density at radius 1 is 0.917 bits per heavy atom. The van der Waals surface area contributed by atoms with Gasteiger partial charge in [0.1, 0.15) is 0 Å². The van der Waals surface area contributed by atoms with Gasteiger partial charge in [0.25, 0.3) is 11.8 Å². The monoisotopic (exact) mass is 345 g/mol. The van der Waals surface area contributed by atoms with Crippen molar-refractivity contribution in [3.8, 4) is 0 Å². The first-order valence-corrected chi connectivity index (χ1v) is 7.93. The number of hydrogen-bond donors (Lipinski definition) is 2. The van der Waals surface area contributed by atoms with Crippen molar-refractivity contribution in [2.45, 2.75) is 0 Å². The van der Waals surface area contributed by atoms with Gasteiger partial charge in [0.2, 0.25) is 0 Å². The second kappa shape index (κ2) is 8.47. The Balaban J connectivity index is 1.94. The van der Waals surface area contributed by atoms with Gasteiger partial charge >= 0.3 is 0 Å². The van der Waals surface area contributed by atoms with Gasteiger partial charge in [-0.05, 0) is 62.6 Å². The predicted molar refractivity (Wildman–Crippen MR) is 96.7 cm³/mol. The summed E-state index contributed by atoms with van der Waals surface area (Å²) in [5.41, 5.74) is 1.67. The summed E-state index contributed by atoms with van der Waals surface area (Å²) in [7, 11) is 3.89. The van der Waals surface area contributed by atoms with Gasteiger partial charge in [-0.25, -0.2) is 0 Å². The fraction of sp³-hybridized carbons (Fsp3) is 0.222. The predicted octanol–water partition coefficient (Wildman–Crippen LogP) is 2.88. The van der Waals surface area contributed by atoms with E-state index < -0.39 is 0 Å². The van der Waals surface area contributed by atoms with Gasteiger partial charge < -0.3 is 15.5 Å². The maximum atomic E-state index is 12.2. The molecule has 0 aliphatic heterocycles. The molecule has 0 aliphatic carbocycles. The maximum absolute atomic E-state index is 12.2. The van der Waals surface area contributed by atoms with Crippen LogP contribution < -0.4 is 10.6 Å². The molecule has 2 aromatic rings. The molecule has 2 N–H and O–H groups in total. The zero-order valence-electron chi connectivity index (χ0n) is 13.7. The number of nitrogens with one attached hydrogen (secondary N) is 2. The van der Waals surface area contributed by atoms with Gasteiger partial charge in [-0.3, -0.25) is 9.59 Å². The molecule has 6 heteroatoms. The molecule has 0 radical (unpaired) electrons. The van der Waals surface area contributed by atoms with Crippen LogP contribution in [-0.2, 0) is 0 Å². The highest BCUT2D eigenvalue weighted by Gasteiger charge is 2.09. The Hall–Kier alpha value is -2.37. The van der Waals surface area contributed by atoms with Crippen LogP contribution in [0.4, 0.5) is 5.69 Å². The first-order valence-electron chi connectivity index (χ1n) is 7.55. The van der Waals surface area contributed by atoms with Crippen LogP contribution in [0.1, 0.15) is 20.7 Å².